The zero-order valence-electron chi connectivity index (χ0n) is 16.6. The Labute approximate surface area is 167 Å². The van der Waals surface area contributed by atoms with Crippen molar-refractivity contribution in [2.24, 2.45) is 5.41 Å². The third-order valence-corrected chi connectivity index (χ3v) is 4.33. The van der Waals surface area contributed by atoms with Crippen molar-refractivity contribution in [1.82, 2.24) is 4.73 Å². The van der Waals surface area contributed by atoms with Crippen LogP contribution in [0.15, 0.2) is 48.5 Å². The minimum atomic E-state index is -0.821. The monoisotopic (exact) mass is 394 g/mol. The van der Waals surface area contributed by atoms with Crippen molar-refractivity contribution in [3.8, 4) is 5.88 Å². The maximum atomic E-state index is 12.4. The number of hydrogen-bond acceptors (Lipinski definition) is 5. The van der Waals surface area contributed by atoms with Gasteiger partial charge in [0, 0.05) is 16.6 Å². The number of rotatable bonds is 4. The third-order valence-electron chi connectivity index (χ3n) is 4.33. The van der Waals surface area contributed by atoms with Crippen LogP contribution < -0.4 is 10.2 Å². The van der Waals surface area contributed by atoms with Crippen molar-refractivity contribution in [1.29, 1.82) is 0 Å². The lowest BCUT2D eigenvalue weighted by Crippen LogP contribution is -2.31. The highest BCUT2D eigenvalue weighted by Gasteiger charge is 2.28. The minimum Gasteiger partial charge on any atom is -0.492 e. The van der Waals surface area contributed by atoms with Gasteiger partial charge in [0.2, 0.25) is 5.88 Å². The summed E-state index contributed by atoms with van der Waals surface area (Å²) in [6, 6.07) is 13.4. The van der Waals surface area contributed by atoms with Gasteiger partial charge >= 0.3 is 5.97 Å². The molecular formula is C22H22N2O5. The fourth-order valence-electron chi connectivity index (χ4n) is 2.78. The molecule has 1 amide bonds. The number of aromatic hydroxyl groups is 1. The van der Waals surface area contributed by atoms with Gasteiger partial charge in [-0.3, -0.25) is 9.59 Å². The first-order chi connectivity index (χ1) is 13.6. The summed E-state index contributed by atoms with van der Waals surface area (Å²) in [5.74, 6) is -1.74. The van der Waals surface area contributed by atoms with Crippen molar-refractivity contribution in [3.05, 3.63) is 59.7 Å². The number of Topliss-reactive ketones (excluding diaryl/α,β-unsaturated/α-hetero) is 1. The zero-order valence-corrected chi connectivity index (χ0v) is 16.6. The normalized spacial score (nSPS) is 11.3. The maximum Gasteiger partial charge on any atom is 0.338 e. The molecule has 0 fully saturated rings. The number of ketones is 1. The van der Waals surface area contributed by atoms with Gasteiger partial charge < -0.3 is 15.3 Å². The fourth-order valence-corrected chi connectivity index (χ4v) is 2.78. The minimum absolute atomic E-state index is 0.0441. The summed E-state index contributed by atoms with van der Waals surface area (Å²) in [6.07, 6.45) is 0. The maximum absolute atomic E-state index is 12.4. The molecule has 7 heteroatoms. The quantitative estimate of drug-likeness (QED) is 0.656. The van der Waals surface area contributed by atoms with Crippen LogP contribution in [-0.2, 0) is 4.79 Å². The van der Waals surface area contributed by atoms with Gasteiger partial charge in [0.05, 0.1) is 16.5 Å². The Kier molecular flexibility index (Phi) is 5.16. The lowest BCUT2D eigenvalue weighted by molar-refractivity contribution is -0.153. The van der Waals surface area contributed by atoms with E-state index in [4.69, 9.17) is 4.84 Å². The van der Waals surface area contributed by atoms with Gasteiger partial charge in [0.15, 0.2) is 5.78 Å². The average molecular weight is 394 g/mol. The molecule has 0 saturated heterocycles. The van der Waals surface area contributed by atoms with Gasteiger partial charge in [-0.05, 0) is 58.0 Å². The summed E-state index contributed by atoms with van der Waals surface area (Å²) in [5.41, 5.74) is 0.415. The van der Waals surface area contributed by atoms with E-state index in [0.29, 0.717) is 16.6 Å². The molecule has 0 spiro atoms. The zero-order chi connectivity index (χ0) is 21.3. The molecule has 0 aliphatic heterocycles. The van der Waals surface area contributed by atoms with Crippen LogP contribution in [-0.4, -0.2) is 27.5 Å². The fraction of sp³-hybridized carbons (Fsp3) is 0.227. The van der Waals surface area contributed by atoms with Gasteiger partial charge in [-0.25, -0.2) is 4.79 Å². The summed E-state index contributed by atoms with van der Waals surface area (Å²) >= 11 is 0. The number of carbonyl (C=O) groups is 3. The second kappa shape index (κ2) is 7.43. The Balaban J connectivity index is 2.06. The summed E-state index contributed by atoms with van der Waals surface area (Å²) in [5, 5.41) is 13.7. The van der Waals surface area contributed by atoms with Crippen LogP contribution in [0.25, 0.3) is 10.9 Å². The molecule has 0 unspecified atom stereocenters. The molecule has 3 aromatic rings. The number of nitrogens with zero attached hydrogens (tertiary/aromatic N) is 1. The predicted molar refractivity (Wildman–Crippen MR) is 109 cm³/mol. The van der Waals surface area contributed by atoms with Crippen molar-refractivity contribution in [2.45, 2.75) is 27.7 Å². The molecular weight excluding hydrogens is 372 g/mol. The highest BCUT2D eigenvalue weighted by molar-refractivity contribution is 6.11. The second-order valence-corrected chi connectivity index (χ2v) is 7.73. The van der Waals surface area contributed by atoms with Crippen LogP contribution in [0.2, 0.25) is 0 Å². The van der Waals surface area contributed by atoms with Crippen LogP contribution in [0.3, 0.4) is 0 Å². The number of fused-ring (bicyclic) bond motifs is 1. The van der Waals surface area contributed by atoms with E-state index in [2.05, 4.69) is 5.32 Å². The van der Waals surface area contributed by atoms with Gasteiger partial charge in [-0.2, -0.15) is 0 Å². The summed E-state index contributed by atoms with van der Waals surface area (Å²) < 4.78 is 0.928. The van der Waals surface area contributed by atoms with Crippen molar-refractivity contribution < 1.29 is 24.3 Å². The topological polar surface area (TPSA) is 97.6 Å². The van der Waals surface area contributed by atoms with Crippen molar-refractivity contribution in [3.63, 3.8) is 0 Å². The first-order valence-corrected chi connectivity index (χ1v) is 9.07. The summed E-state index contributed by atoms with van der Waals surface area (Å²) in [7, 11) is 0. The van der Waals surface area contributed by atoms with Gasteiger partial charge in [0.25, 0.3) is 5.91 Å². The Bertz CT molecular complexity index is 1110. The highest BCUT2D eigenvalue weighted by Crippen LogP contribution is 2.33. The number of anilines is 1. The first kappa shape index (κ1) is 20.1. The molecule has 3 rings (SSSR count). The molecule has 29 heavy (non-hydrogen) atoms. The van der Waals surface area contributed by atoms with E-state index in [1.54, 1.807) is 57.2 Å². The average Bonchev–Trinajstić information content (AvgIpc) is 2.93. The lowest BCUT2D eigenvalue weighted by atomic mass is 9.98. The molecule has 1 aromatic heterocycles. The molecule has 0 radical (unpaired) electrons. The van der Waals surface area contributed by atoms with Gasteiger partial charge in [-0.15, -0.1) is 4.73 Å². The first-order valence-electron chi connectivity index (χ1n) is 9.07. The van der Waals surface area contributed by atoms with Crippen LogP contribution in [0.1, 0.15) is 48.4 Å². The van der Waals surface area contributed by atoms with Gasteiger partial charge in [0.1, 0.15) is 0 Å². The Morgan fingerprint density at radius 2 is 1.69 bits per heavy atom. The molecule has 0 aliphatic carbocycles. The van der Waals surface area contributed by atoms with Crippen molar-refractivity contribution >= 4 is 34.3 Å². The van der Waals surface area contributed by atoms with E-state index in [0.717, 1.165) is 4.73 Å². The van der Waals surface area contributed by atoms with Gasteiger partial charge in [-0.1, -0.05) is 18.2 Å². The smallest absolute Gasteiger partial charge is 0.338 e. The number of benzene rings is 2. The standard InChI is InChI=1S/C22H22N2O5/c1-13(25)18-16-11-10-15(23-19(26)14-8-6-5-7-9-14)12-17(16)24(20(18)27)29-21(28)22(2,3)4/h5-12,27H,1-4H3,(H,23,26). The largest absolute Gasteiger partial charge is 0.492 e. The number of amides is 1. The number of aromatic nitrogens is 1. The number of nitrogens with one attached hydrogen (secondary N) is 1. The molecule has 2 N–H and O–H groups in total. The van der Waals surface area contributed by atoms with Crippen LogP contribution in [0.5, 0.6) is 5.88 Å². The SMILES string of the molecule is CC(=O)c1c(O)n(OC(=O)C(C)(C)C)c2cc(NC(=O)c3ccccc3)ccc12. The molecule has 0 saturated carbocycles. The second-order valence-electron chi connectivity index (χ2n) is 7.73. The highest BCUT2D eigenvalue weighted by atomic mass is 16.7. The van der Waals surface area contributed by atoms with E-state index in [1.807, 2.05) is 6.07 Å². The Morgan fingerprint density at radius 3 is 2.28 bits per heavy atom. The predicted octanol–water partition coefficient (Wildman–Crippen LogP) is 3.80. The van der Waals surface area contributed by atoms with Crippen molar-refractivity contribution in [2.75, 3.05) is 5.32 Å². The van der Waals surface area contributed by atoms with E-state index in [-0.39, 0.29) is 22.8 Å². The molecule has 2 aromatic carbocycles. The van der Waals surface area contributed by atoms with E-state index < -0.39 is 17.3 Å². The third kappa shape index (κ3) is 3.99. The van der Waals surface area contributed by atoms with Crippen LogP contribution in [0.4, 0.5) is 5.69 Å². The Morgan fingerprint density at radius 1 is 1.03 bits per heavy atom. The molecule has 0 atom stereocenters. The summed E-state index contributed by atoms with van der Waals surface area (Å²) in [4.78, 5) is 42.2. The molecule has 7 nitrogen and oxygen atoms in total. The molecule has 0 aliphatic rings. The number of carbonyl (C=O) groups excluding carboxylic acids is 3. The van der Waals surface area contributed by atoms with Crippen LogP contribution >= 0.6 is 0 Å². The molecule has 0 bridgehead atoms. The van der Waals surface area contributed by atoms with Crippen LogP contribution in [0, 0.1) is 5.41 Å². The molecule has 1 heterocycles. The van der Waals surface area contributed by atoms with E-state index in [9.17, 15) is 19.5 Å². The van der Waals surface area contributed by atoms with E-state index in [1.165, 1.54) is 13.0 Å². The number of hydrogen-bond donors (Lipinski definition) is 2. The van der Waals surface area contributed by atoms with E-state index >= 15 is 0 Å². The molecule has 150 valence electrons. The summed E-state index contributed by atoms with van der Waals surface area (Å²) in [6.45, 7) is 6.34. The Hall–Kier alpha value is -3.61. The lowest BCUT2D eigenvalue weighted by Gasteiger charge is -2.17.